The molecule has 5 heteroatoms. The van der Waals surface area contributed by atoms with Crippen LogP contribution in [0.4, 0.5) is 0 Å². The summed E-state index contributed by atoms with van der Waals surface area (Å²) in [6.45, 7) is 5.50. The van der Waals surface area contributed by atoms with E-state index in [9.17, 15) is 9.59 Å². The lowest BCUT2D eigenvalue weighted by molar-refractivity contribution is -0.150. The zero-order valence-corrected chi connectivity index (χ0v) is 16.0. The molecular formula is C22H24O5. The lowest BCUT2D eigenvalue weighted by Crippen LogP contribution is -2.26. The maximum Gasteiger partial charge on any atom is 0.338 e. The van der Waals surface area contributed by atoms with Crippen LogP contribution >= 0.6 is 0 Å². The highest BCUT2D eigenvalue weighted by molar-refractivity contribution is 5.94. The van der Waals surface area contributed by atoms with E-state index in [1.54, 1.807) is 30.3 Å². The average molecular weight is 368 g/mol. The van der Waals surface area contributed by atoms with E-state index in [4.69, 9.17) is 9.47 Å². The van der Waals surface area contributed by atoms with Crippen LogP contribution in [0, 0.1) is 0 Å². The van der Waals surface area contributed by atoms with Crippen LogP contribution in [0.3, 0.4) is 0 Å². The molecule has 0 aromatic heterocycles. The van der Waals surface area contributed by atoms with Crippen LogP contribution in [-0.2, 0) is 14.3 Å². The molecule has 0 fully saturated rings. The van der Waals surface area contributed by atoms with E-state index >= 15 is 0 Å². The normalized spacial score (nSPS) is 11.6. The molecule has 0 aliphatic rings. The van der Waals surface area contributed by atoms with Crippen LogP contribution in [0.25, 0.3) is 6.08 Å². The van der Waals surface area contributed by atoms with Crippen molar-refractivity contribution in [1.29, 1.82) is 0 Å². The van der Waals surface area contributed by atoms with Gasteiger partial charge in [0.05, 0.1) is 18.2 Å². The fourth-order valence-corrected chi connectivity index (χ4v) is 2.22. The molecule has 142 valence electrons. The van der Waals surface area contributed by atoms with Crippen molar-refractivity contribution in [2.75, 3.05) is 13.7 Å². The second-order valence-corrected chi connectivity index (χ2v) is 6.89. The van der Waals surface area contributed by atoms with Crippen molar-refractivity contribution in [3.05, 3.63) is 71.3 Å². The molecule has 0 aliphatic carbocycles. The molecule has 0 aliphatic heterocycles. The SMILES string of the molecule is COC(=O)c1ccc(C=C(COc2ccccc2)C(=O)OC(C)(C)C)cc1. The quantitative estimate of drug-likeness (QED) is 0.563. The number of benzene rings is 2. The maximum absolute atomic E-state index is 12.6. The Morgan fingerprint density at radius 1 is 0.963 bits per heavy atom. The van der Waals surface area contributed by atoms with Gasteiger partial charge in [-0.15, -0.1) is 0 Å². The summed E-state index contributed by atoms with van der Waals surface area (Å²) < 4.78 is 15.9. The van der Waals surface area contributed by atoms with Gasteiger partial charge in [0.1, 0.15) is 18.0 Å². The van der Waals surface area contributed by atoms with E-state index in [0.717, 1.165) is 5.56 Å². The highest BCUT2D eigenvalue weighted by Crippen LogP contribution is 2.17. The number of ether oxygens (including phenoxy) is 3. The molecule has 0 amide bonds. The number of carbonyl (C=O) groups is 2. The van der Waals surface area contributed by atoms with Crippen LogP contribution < -0.4 is 4.74 Å². The zero-order valence-electron chi connectivity index (χ0n) is 16.0. The van der Waals surface area contributed by atoms with Crippen LogP contribution in [0.1, 0.15) is 36.7 Å². The van der Waals surface area contributed by atoms with Gasteiger partial charge in [0, 0.05) is 0 Å². The van der Waals surface area contributed by atoms with Gasteiger partial charge in [0.25, 0.3) is 0 Å². The zero-order chi connectivity index (χ0) is 19.9. The second kappa shape index (κ2) is 9.03. The van der Waals surface area contributed by atoms with E-state index in [1.807, 2.05) is 51.1 Å². The minimum absolute atomic E-state index is 0.0671. The first-order valence-corrected chi connectivity index (χ1v) is 8.58. The minimum atomic E-state index is -0.613. The third-order valence-corrected chi connectivity index (χ3v) is 3.47. The molecule has 2 aromatic rings. The molecule has 0 unspecified atom stereocenters. The number of esters is 2. The molecule has 0 spiro atoms. The van der Waals surface area contributed by atoms with Crippen LogP contribution in [0.15, 0.2) is 60.2 Å². The molecule has 0 bridgehead atoms. The van der Waals surface area contributed by atoms with E-state index in [0.29, 0.717) is 16.9 Å². The highest BCUT2D eigenvalue weighted by Gasteiger charge is 2.20. The number of para-hydroxylation sites is 1. The summed E-state index contributed by atoms with van der Waals surface area (Å²) in [6.07, 6.45) is 1.69. The number of carbonyl (C=O) groups excluding carboxylic acids is 2. The lowest BCUT2D eigenvalue weighted by atomic mass is 10.1. The van der Waals surface area contributed by atoms with Crippen molar-refractivity contribution in [1.82, 2.24) is 0 Å². The first-order chi connectivity index (χ1) is 12.8. The summed E-state index contributed by atoms with van der Waals surface area (Å²) in [5, 5.41) is 0. The Morgan fingerprint density at radius 2 is 1.59 bits per heavy atom. The highest BCUT2D eigenvalue weighted by atomic mass is 16.6. The van der Waals surface area contributed by atoms with Crippen molar-refractivity contribution in [2.24, 2.45) is 0 Å². The number of hydrogen-bond donors (Lipinski definition) is 0. The van der Waals surface area contributed by atoms with Gasteiger partial charge in [-0.25, -0.2) is 9.59 Å². The topological polar surface area (TPSA) is 61.8 Å². The van der Waals surface area contributed by atoms with Crippen LogP contribution in [0.2, 0.25) is 0 Å². The third-order valence-electron chi connectivity index (χ3n) is 3.47. The van der Waals surface area contributed by atoms with Gasteiger partial charge in [-0.3, -0.25) is 0 Å². The van der Waals surface area contributed by atoms with Crippen molar-refractivity contribution < 1.29 is 23.8 Å². The van der Waals surface area contributed by atoms with E-state index < -0.39 is 17.5 Å². The number of hydrogen-bond acceptors (Lipinski definition) is 5. The predicted molar refractivity (Wildman–Crippen MR) is 104 cm³/mol. The van der Waals surface area contributed by atoms with Gasteiger partial charge in [-0.1, -0.05) is 30.3 Å². The first kappa shape index (κ1) is 20.2. The molecule has 27 heavy (non-hydrogen) atoms. The van der Waals surface area contributed by atoms with Gasteiger partial charge < -0.3 is 14.2 Å². The molecular weight excluding hydrogens is 344 g/mol. The Bertz CT molecular complexity index is 799. The van der Waals surface area contributed by atoms with Crippen molar-refractivity contribution >= 4 is 18.0 Å². The molecule has 0 saturated heterocycles. The average Bonchev–Trinajstić information content (AvgIpc) is 2.64. The number of methoxy groups -OCH3 is 1. The Balaban J connectivity index is 2.23. The van der Waals surface area contributed by atoms with Crippen molar-refractivity contribution in [2.45, 2.75) is 26.4 Å². The first-order valence-electron chi connectivity index (χ1n) is 8.58. The standard InChI is InChI=1S/C22H24O5/c1-22(2,3)27-21(24)18(15-26-19-8-6-5-7-9-19)14-16-10-12-17(13-11-16)20(23)25-4/h5-14H,15H2,1-4H3. The summed E-state index contributed by atoms with van der Waals surface area (Å²) in [4.78, 5) is 24.1. The van der Waals surface area contributed by atoms with E-state index in [2.05, 4.69) is 4.74 Å². The Morgan fingerprint density at radius 3 is 2.15 bits per heavy atom. The molecule has 0 heterocycles. The van der Waals surface area contributed by atoms with E-state index in [1.165, 1.54) is 7.11 Å². The molecule has 0 N–H and O–H groups in total. The van der Waals surface area contributed by atoms with Gasteiger partial charge in [0.2, 0.25) is 0 Å². The third kappa shape index (κ3) is 6.62. The fourth-order valence-electron chi connectivity index (χ4n) is 2.22. The lowest BCUT2D eigenvalue weighted by Gasteiger charge is -2.20. The molecule has 0 atom stereocenters. The van der Waals surface area contributed by atoms with Crippen molar-refractivity contribution in [3.8, 4) is 5.75 Å². The summed E-state index contributed by atoms with van der Waals surface area (Å²) in [7, 11) is 1.33. The molecule has 0 saturated carbocycles. The summed E-state index contributed by atoms with van der Waals surface area (Å²) in [5.41, 5.74) is 0.950. The summed E-state index contributed by atoms with van der Waals surface area (Å²) in [6, 6.07) is 16.0. The van der Waals surface area contributed by atoms with Crippen molar-refractivity contribution in [3.63, 3.8) is 0 Å². The summed E-state index contributed by atoms with van der Waals surface area (Å²) >= 11 is 0. The largest absolute Gasteiger partial charge is 0.489 e. The number of rotatable bonds is 6. The summed E-state index contributed by atoms with van der Waals surface area (Å²) in [5.74, 6) is -0.200. The second-order valence-electron chi connectivity index (χ2n) is 6.89. The predicted octanol–water partition coefficient (Wildman–Crippen LogP) is 4.28. The van der Waals surface area contributed by atoms with Gasteiger partial charge in [0.15, 0.2) is 0 Å². The van der Waals surface area contributed by atoms with Gasteiger partial charge >= 0.3 is 11.9 Å². The molecule has 2 rings (SSSR count). The minimum Gasteiger partial charge on any atom is -0.489 e. The van der Waals surface area contributed by atoms with Gasteiger partial charge in [-0.2, -0.15) is 0 Å². The molecule has 0 radical (unpaired) electrons. The van der Waals surface area contributed by atoms with Gasteiger partial charge in [-0.05, 0) is 56.7 Å². The van der Waals surface area contributed by atoms with Crippen LogP contribution in [-0.4, -0.2) is 31.3 Å². The maximum atomic E-state index is 12.6. The fraction of sp³-hybridized carbons (Fsp3) is 0.273. The van der Waals surface area contributed by atoms with E-state index in [-0.39, 0.29) is 6.61 Å². The Kier molecular flexibility index (Phi) is 6.77. The van der Waals surface area contributed by atoms with Crippen LogP contribution in [0.5, 0.6) is 5.75 Å². The Labute approximate surface area is 159 Å². The smallest absolute Gasteiger partial charge is 0.338 e. The Hall–Kier alpha value is -3.08. The monoisotopic (exact) mass is 368 g/mol. The molecule has 2 aromatic carbocycles. The molecule has 5 nitrogen and oxygen atoms in total.